The molecule has 5 N–H and O–H groups in total. The zero-order valence-electron chi connectivity index (χ0n) is 11.1. The molecule has 1 heterocycles. The van der Waals surface area contributed by atoms with Crippen LogP contribution in [0.4, 0.5) is 0 Å². The minimum absolute atomic E-state index is 0.00926. The molecule has 0 radical (unpaired) electrons. The molecule has 21 heavy (non-hydrogen) atoms. The number of likely N-dealkylation sites (N-methyl/N-ethyl adjacent to an activating group) is 1. The van der Waals surface area contributed by atoms with Gasteiger partial charge in [-0.15, -0.1) is 0 Å². The van der Waals surface area contributed by atoms with Crippen molar-refractivity contribution in [3.05, 3.63) is 29.8 Å². The van der Waals surface area contributed by atoms with E-state index in [0.717, 1.165) is 0 Å². The second-order valence-corrected chi connectivity index (χ2v) is 5.61. The quantitative estimate of drug-likeness (QED) is 0.308. The van der Waals surface area contributed by atoms with E-state index in [1.807, 2.05) is 0 Å². The van der Waals surface area contributed by atoms with Crippen molar-refractivity contribution in [1.82, 2.24) is 0 Å². The Morgan fingerprint density at radius 1 is 1.38 bits per heavy atom. The molecule has 0 amide bonds. The largest absolute Gasteiger partial charge is 0.858 e. The summed E-state index contributed by atoms with van der Waals surface area (Å²) in [7, 11) is -2.18. The van der Waals surface area contributed by atoms with Crippen molar-refractivity contribution in [3.8, 4) is 0 Å². The van der Waals surface area contributed by atoms with Gasteiger partial charge >= 0.3 is 11.9 Å². The van der Waals surface area contributed by atoms with Gasteiger partial charge in [0.05, 0.1) is 11.9 Å². The maximum absolute atomic E-state index is 11.1. The Morgan fingerprint density at radius 3 is 2.38 bits per heavy atom. The number of benzene rings is 1. The summed E-state index contributed by atoms with van der Waals surface area (Å²) in [5.74, 6) is -1.62. The number of nitrogens with two attached hydrogens (primary N) is 2. The number of aliphatic carboxylic acids is 1. The molecule has 0 saturated carbocycles. The van der Waals surface area contributed by atoms with Gasteiger partial charge in [0.15, 0.2) is 6.54 Å². The van der Waals surface area contributed by atoms with Crippen LogP contribution in [0.5, 0.6) is 0 Å². The van der Waals surface area contributed by atoms with E-state index in [-0.39, 0.29) is 23.0 Å². The molecule has 10 heteroatoms. The Balaban J connectivity index is 0.000000222. The topological polar surface area (TPSA) is 162 Å². The van der Waals surface area contributed by atoms with Crippen molar-refractivity contribution in [2.75, 3.05) is 13.6 Å². The molecular formula is C11H14N4O5S. The molecule has 0 aromatic heterocycles. The molecular weight excluding hydrogens is 300 g/mol. The molecule has 1 aromatic carbocycles. The van der Waals surface area contributed by atoms with Crippen LogP contribution in [0.25, 0.3) is 0 Å². The highest BCUT2D eigenvalue weighted by molar-refractivity contribution is 7.90. The van der Waals surface area contributed by atoms with Crippen molar-refractivity contribution in [1.29, 1.82) is 0 Å². The predicted molar refractivity (Wildman–Crippen MR) is 72.2 cm³/mol. The second kappa shape index (κ2) is 6.22. The third-order valence-electron chi connectivity index (χ3n) is 2.41. The number of carbonyl (C=O) groups is 1. The fourth-order valence-corrected chi connectivity index (χ4v) is 2.47. The Bertz CT molecular complexity index is 720. The molecule has 1 aromatic rings. The summed E-state index contributed by atoms with van der Waals surface area (Å²) in [5.41, 5.74) is 10.2. The number of guanidine groups is 1. The molecule has 0 unspecified atom stereocenters. The average Bonchev–Trinajstić information content (AvgIpc) is 2.60. The minimum Gasteiger partial charge on any atom is -0.858 e. The van der Waals surface area contributed by atoms with Gasteiger partial charge in [-0.3, -0.25) is 16.0 Å². The van der Waals surface area contributed by atoms with Crippen LogP contribution in [0, 0.1) is 0 Å². The lowest BCUT2D eigenvalue weighted by atomic mass is 10.2. The zero-order chi connectivity index (χ0) is 16.2. The lowest BCUT2D eigenvalue weighted by Crippen LogP contribution is -2.36. The Labute approximate surface area is 120 Å². The monoisotopic (exact) mass is 314 g/mol. The van der Waals surface area contributed by atoms with Crippen molar-refractivity contribution in [2.24, 2.45) is 15.9 Å². The van der Waals surface area contributed by atoms with Gasteiger partial charge in [-0.25, -0.2) is 4.79 Å². The first kappa shape index (κ1) is 16.4. The molecule has 0 atom stereocenters. The van der Waals surface area contributed by atoms with Crippen LogP contribution in [0.2, 0.25) is 0 Å². The van der Waals surface area contributed by atoms with Gasteiger partial charge in [-0.05, 0) is 6.07 Å². The van der Waals surface area contributed by atoms with Crippen LogP contribution in [0.1, 0.15) is 5.56 Å². The fraction of sp³-hybridized carbons (Fsp3) is 0.182. The Morgan fingerprint density at radius 2 is 1.95 bits per heavy atom. The number of rotatable bonds is 2. The van der Waals surface area contributed by atoms with Crippen LogP contribution in [-0.4, -0.2) is 49.5 Å². The predicted octanol–water partition coefficient (Wildman–Crippen LogP) is -2.52. The number of sulfonamides is 1. The van der Waals surface area contributed by atoms with Gasteiger partial charge in [0.25, 0.3) is 10.0 Å². The molecule has 1 aliphatic heterocycles. The summed E-state index contributed by atoms with van der Waals surface area (Å²) in [5, 5.41) is 19.1. The standard InChI is InChI=1S/C7H5NO3S.C4H9N3O2/c9-7-5-3-1-2-4-6(5)12(10,11)8-7;1-7(4(5)6)2-3(8)9/h1-4H,(H,8,9);2H2,1H3,(H4,5,6,8,9). The number of fused-ring (bicyclic) bond motifs is 1. The summed E-state index contributed by atoms with van der Waals surface area (Å²) < 4.78 is 26.4. The summed E-state index contributed by atoms with van der Waals surface area (Å²) in [6.45, 7) is -0.164. The molecule has 114 valence electrons. The molecule has 0 fully saturated rings. The Hall–Kier alpha value is -2.62. The van der Waals surface area contributed by atoms with Crippen molar-refractivity contribution >= 4 is 27.8 Å². The van der Waals surface area contributed by atoms with E-state index in [1.54, 1.807) is 12.1 Å². The number of hydrogen-bond acceptors (Lipinski definition) is 4. The van der Waals surface area contributed by atoms with E-state index in [9.17, 15) is 18.3 Å². The molecule has 1 aliphatic rings. The van der Waals surface area contributed by atoms with Gasteiger partial charge in [-0.2, -0.15) is 12.8 Å². The van der Waals surface area contributed by atoms with Gasteiger partial charge < -0.3 is 10.2 Å². The van der Waals surface area contributed by atoms with Crippen LogP contribution in [0.3, 0.4) is 0 Å². The molecule has 0 saturated heterocycles. The number of nitrogens with zero attached hydrogens (tertiary/aromatic N) is 2. The van der Waals surface area contributed by atoms with E-state index in [0.29, 0.717) is 0 Å². The lowest BCUT2D eigenvalue weighted by molar-refractivity contribution is -0.489. The highest BCUT2D eigenvalue weighted by atomic mass is 32.2. The Kier molecular flexibility index (Phi) is 4.87. The van der Waals surface area contributed by atoms with Crippen LogP contribution in [-0.2, 0) is 14.8 Å². The van der Waals surface area contributed by atoms with Crippen LogP contribution >= 0.6 is 0 Å². The van der Waals surface area contributed by atoms with E-state index in [4.69, 9.17) is 16.6 Å². The highest BCUT2D eigenvalue weighted by Gasteiger charge is 2.22. The maximum Gasteiger partial charge on any atom is 0.341 e. The number of carboxylic acid groups (broad SMARTS) is 1. The number of hydrogen-bond donors (Lipinski definition) is 3. The van der Waals surface area contributed by atoms with Crippen molar-refractivity contribution in [2.45, 2.75) is 4.90 Å². The van der Waals surface area contributed by atoms with Gasteiger partial charge in [0.1, 0.15) is 0 Å². The van der Waals surface area contributed by atoms with E-state index in [2.05, 4.69) is 4.40 Å². The van der Waals surface area contributed by atoms with Crippen molar-refractivity contribution < 1.29 is 28.0 Å². The van der Waals surface area contributed by atoms with E-state index < -0.39 is 21.9 Å². The molecule has 9 nitrogen and oxygen atoms in total. The third kappa shape index (κ3) is 4.18. The first-order chi connectivity index (χ1) is 9.65. The first-order valence-corrected chi connectivity index (χ1v) is 7.01. The SMILES string of the molecule is C[N+](CC(=O)O)=C(N)N.O=S1(=O)N=C([O-])c2ccccc21. The smallest absolute Gasteiger partial charge is 0.341 e. The zero-order valence-corrected chi connectivity index (χ0v) is 11.9. The second-order valence-electron chi connectivity index (χ2n) is 4.04. The third-order valence-corrected chi connectivity index (χ3v) is 3.73. The molecule has 0 bridgehead atoms. The van der Waals surface area contributed by atoms with Gasteiger partial charge in [-0.1, -0.05) is 18.2 Å². The fourth-order valence-electron chi connectivity index (χ4n) is 1.37. The normalized spacial score (nSPS) is 14.2. The maximum atomic E-state index is 11.1. The van der Waals surface area contributed by atoms with Crippen LogP contribution < -0.4 is 16.6 Å². The summed E-state index contributed by atoms with van der Waals surface area (Å²) >= 11 is 0. The van der Waals surface area contributed by atoms with Gasteiger partial charge in [0.2, 0.25) is 0 Å². The van der Waals surface area contributed by atoms with E-state index in [1.165, 1.54) is 23.8 Å². The molecule has 2 rings (SSSR count). The van der Waals surface area contributed by atoms with Crippen molar-refractivity contribution in [3.63, 3.8) is 0 Å². The number of carboxylic acids is 1. The molecule has 0 aliphatic carbocycles. The summed E-state index contributed by atoms with van der Waals surface area (Å²) in [6.07, 6.45) is 0. The summed E-state index contributed by atoms with van der Waals surface area (Å²) in [6, 6.07) is 5.99. The van der Waals surface area contributed by atoms with Gasteiger partial charge in [0, 0.05) is 11.5 Å². The lowest BCUT2D eigenvalue weighted by Gasteiger charge is -2.01. The average molecular weight is 314 g/mol. The minimum atomic E-state index is -3.68. The molecule has 0 spiro atoms. The van der Waals surface area contributed by atoms with E-state index >= 15 is 0 Å². The summed E-state index contributed by atoms with van der Waals surface area (Å²) in [4.78, 5) is 9.96. The highest BCUT2D eigenvalue weighted by Crippen LogP contribution is 2.23. The first-order valence-electron chi connectivity index (χ1n) is 5.57. The van der Waals surface area contributed by atoms with Crippen LogP contribution in [0.15, 0.2) is 33.6 Å².